The first kappa shape index (κ1) is 15.9. The number of piperazine rings is 1. The van der Waals surface area contributed by atoms with Crippen LogP contribution in [0.5, 0.6) is 0 Å². The van der Waals surface area contributed by atoms with Gasteiger partial charge in [0.15, 0.2) is 0 Å². The van der Waals surface area contributed by atoms with E-state index in [0.29, 0.717) is 0 Å². The molecule has 1 aliphatic rings. The van der Waals surface area contributed by atoms with Crippen LogP contribution in [0.3, 0.4) is 0 Å². The zero-order chi connectivity index (χ0) is 13.4. The molecule has 3 nitrogen and oxygen atoms in total. The molecule has 1 rings (SSSR count). The Labute approximate surface area is 114 Å². The summed E-state index contributed by atoms with van der Waals surface area (Å²) >= 11 is 0. The van der Waals surface area contributed by atoms with E-state index in [0.717, 1.165) is 6.54 Å². The van der Waals surface area contributed by atoms with Crippen molar-refractivity contribution < 1.29 is 0 Å². The second-order valence-corrected chi connectivity index (χ2v) is 6.16. The Bertz CT molecular complexity index is 212. The quantitative estimate of drug-likeness (QED) is 0.676. The zero-order valence-electron chi connectivity index (χ0n) is 12.7. The number of hydrogen-bond donors (Lipinski definition) is 1. The molecule has 18 heavy (non-hydrogen) atoms. The molecule has 1 heterocycles. The number of unbranched alkanes of at least 4 members (excludes halogenated alkanes) is 4. The Balaban J connectivity index is 2.31. The van der Waals surface area contributed by atoms with Crippen LogP contribution in [-0.2, 0) is 0 Å². The molecular formula is C15H33N3. The summed E-state index contributed by atoms with van der Waals surface area (Å²) in [6, 6.07) is 0. The van der Waals surface area contributed by atoms with E-state index in [1.807, 2.05) is 0 Å². The average Bonchev–Trinajstić information content (AvgIpc) is 2.39. The van der Waals surface area contributed by atoms with Crippen LogP contribution < -0.4 is 5.73 Å². The van der Waals surface area contributed by atoms with Crippen molar-refractivity contribution in [1.82, 2.24) is 9.80 Å². The molecule has 1 atom stereocenters. The van der Waals surface area contributed by atoms with Gasteiger partial charge in [-0.25, -0.2) is 0 Å². The molecule has 0 saturated carbocycles. The highest BCUT2D eigenvalue weighted by atomic mass is 15.3. The minimum Gasteiger partial charge on any atom is -0.329 e. The molecule has 0 aromatic carbocycles. The van der Waals surface area contributed by atoms with E-state index in [-0.39, 0.29) is 5.54 Å². The molecule has 0 spiro atoms. The van der Waals surface area contributed by atoms with Crippen LogP contribution in [0.25, 0.3) is 0 Å². The summed E-state index contributed by atoms with van der Waals surface area (Å²) in [5, 5.41) is 0. The standard InChI is InChI=1S/C15H33N3/c1-4-5-6-7-8-9-15(2,14-16)18-12-10-17(3)11-13-18/h4-14,16H2,1-3H3. The number of nitrogens with zero attached hydrogens (tertiary/aromatic N) is 2. The zero-order valence-corrected chi connectivity index (χ0v) is 12.7. The van der Waals surface area contributed by atoms with Gasteiger partial charge >= 0.3 is 0 Å². The minimum atomic E-state index is 0.230. The summed E-state index contributed by atoms with van der Waals surface area (Å²) in [6.45, 7) is 10.2. The monoisotopic (exact) mass is 255 g/mol. The van der Waals surface area contributed by atoms with Gasteiger partial charge in [0.25, 0.3) is 0 Å². The first-order chi connectivity index (χ1) is 8.62. The summed E-state index contributed by atoms with van der Waals surface area (Å²) < 4.78 is 0. The first-order valence-electron chi connectivity index (χ1n) is 7.76. The third-order valence-corrected chi connectivity index (χ3v) is 4.53. The molecular weight excluding hydrogens is 222 g/mol. The van der Waals surface area contributed by atoms with E-state index in [2.05, 4.69) is 30.7 Å². The van der Waals surface area contributed by atoms with E-state index in [1.165, 1.54) is 64.7 Å². The summed E-state index contributed by atoms with van der Waals surface area (Å²) in [5.41, 5.74) is 6.29. The molecule has 1 aliphatic heterocycles. The predicted octanol–water partition coefficient (Wildman–Crippen LogP) is 2.31. The van der Waals surface area contributed by atoms with Crippen LogP contribution in [0, 0.1) is 0 Å². The number of rotatable bonds is 8. The Morgan fingerprint density at radius 1 is 1.00 bits per heavy atom. The topological polar surface area (TPSA) is 32.5 Å². The van der Waals surface area contributed by atoms with Gasteiger partial charge in [-0.1, -0.05) is 39.0 Å². The van der Waals surface area contributed by atoms with Crippen molar-refractivity contribution in [3.8, 4) is 0 Å². The summed E-state index contributed by atoms with van der Waals surface area (Å²) in [7, 11) is 2.21. The van der Waals surface area contributed by atoms with Gasteiger partial charge in [0.05, 0.1) is 0 Å². The molecule has 1 fully saturated rings. The van der Waals surface area contributed by atoms with Crippen molar-refractivity contribution in [2.75, 3.05) is 39.8 Å². The summed E-state index contributed by atoms with van der Waals surface area (Å²) in [4.78, 5) is 5.03. The lowest BCUT2D eigenvalue weighted by molar-refractivity contribution is 0.0486. The van der Waals surface area contributed by atoms with Gasteiger partial charge in [-0.2, -0.15) is 0 Å². The van der Waals surface area contributed by atoms with Gasteiger partial charge in [-0.15, -0.1) is 0 Å². The second kappa shape index (κ2) is 8.13. The molecule has 1 saturated heterocycles. The van der Waals surface area contributed by atoms with Crippen LogP contribution in [-0.4, -0.2) is 55.1 Å². The Kier molecular flexibility index (Phi) is 7.20. The highest BCUT2D eigenvalue weighted by molar-refractivity contribution is 4.89. The van der Waals surface area contributed by atoms with Crippen molar-refractivity contribution in [2.45, 2.75) is 57.9 Å². The van der Waals surface area contributed by atoms with Crippen molar-refractivity contribution in [2.24, 2.45) is 5.73 Å². The molecule has 108 valence electrons. The lowest BCUT2D eigenvalue weighted by Crippen LogP contribution is -2.58. The minimum absolute atomic E-state index is 0.230. The molecule has 2 N–H and O–H groups in total. The molecule has 0 bridgehead atoms. The van der Waals surface area contributed by atoms with Crippen LogP contribution >= 0.6 is 0 Å². The van der Waals surface area contributed by atoms with Crippen molar-refractivity contribution in [3.05, 3.63) is 0 Å². The molecule has 0 aliphatic carbocycles. The van der Waals surface area contributed by atoms with E-state index >= 15 is 0 Å². The third-order valence-electron chi connectivity index (χ3n) is 4.53. The number of hydrogen-bond acceptors (Lipinski definition) is 3. The van der Waals surface area contributed by atoms with E-state index in [1.54, 1.807) is 0 Å². The van der Waals surface area contributed by atoms with Gasteiger partial charge in [0, 0.05) is 38.3 Å². The van der Waals surface area contributed by atoms with Crippen LogP contribution in [0.1, 0.15) is 52.4 Å². The van der Waals surface area contributed by atoms with E-state index in [4.69, 9.17) is 5.73 Å². The van der Waals surface area contributed by atoms with Gasteiger partial charge in [0.1, 0.15) is 0 Å². The number of nitrogens with two attached hydrogens (primary N) is 1. The van der Waals surface area contributed by atoms with Gasteiger partial charge in [-0.05, 0) is 20.4 Å². The first-order valence-corrected chi connectivity index (χ1v) is 7.76. The van der Waals surface area contributed by atoms with Gasteiger partial charge in [-0.3, -0.25) is 4.90 Å². The molecule has 0 aromatic heterocycles. The smallest absolute Gasteiger partial charge is 0.0304 e. The van der Waals surface area contributed by atoms with Crippen molar-refractivity contribution in [1.29, 1.82) is 0 Å². The van der Waals surface area contributed by atoms with Crippen LogP contribution in [0.15, 0.2) is 0 Å². The summed E-state index contributed by atoms with van der Waals surface area (Å²) in [6.07, 6.45) is 8.06. The van der Waals surface area contributed by atoms with Gasteiger partial charge in [0.2, 0.25) is 0 Å². The third kappa shape index (κ3) is 4.87. The van der Waals surface area contributed by atoms with Crippen LogP contribution in [0.4, 0.5) is 0 Å². The average molecular weight is 255 g/mol. The fourth-order valence-corrected chi connectivity index (χ4v) is 2.84. The molecule has 0 amide bonds. The van der Waals surface area contributed by atoms with Crippen LogP contribution in [0.2, 0.25) is 0 Å². The highest BCUT2D eigenvalue weighted by Crippen LogP contribution is 2.23. The Morgan fingerprint density at radius 2 is 1.61 bits per heavy atom. The van der Waals surface area contributed by atoms with Crippen molar-refractivity contribution >= 4 is 0 Å². The lowest BCUT2D eigenvalue weighted by atomic mass is 9.91. The SMILES string of the molecule is CCCCCCCC(C)(CN)N1CCN(C)CC1. The molecule has 3 heteroatoms. The lowest BCUT2D eigenvalue weighted by Gasteiger charge is -2.45. The van der Waals surface area contributed by atoms with Gasteiger partial charge < -0.3 is 10.6 Å². The van der Waals surface area contributed by atoms with E-state index < -0.39 is 0 Å². The Morgan fingerprint density at radius 3 is 2.17 bits per heavy atom. The Hall–Kier alpha value is -0.120. The maximum Gasteiger partial charge on any atom is 0.0304 e. The normalized spacial score (nSPS) is 22.0. The maximum atomic E-state index is 6.06. The largest absolute Gasteiger partial charge is 0.329 e. The molecule has 0 aromatic rings. The molecule has 1 unspecified atom stereocenters. The fraction of sp³-hybridized carbons (Fsp3) is 1.00. The number of likely N-dealkylation sites (N-methyl/N-ethyl adjacent to an activating group) is 1. The highest BCUT2D eigenvalue weighted by Gasteiger charge is 2.31. The fourth-order valence-electron chi connectivity index (χ4n) is 2.84. The molecule has 0 radical (unpaired) electrons. The van der Waals surface area contributed by atoms with E-state index in [9.17, 15) is 0 Å². The van der Waals surface area contributed by atoms with Crippen molar-refractivity contribution in [3.63, 3.8) is 0 Å². The summed E-state index contributed by atoms with van der Waals surface area (Å²) in [5.74, 6) is 0. The maximum absolute atomic E-state index is 6.06. The predicted molar refractivity (Wildman–Crippen MR) is 79.9 cm³/mol. The second-order valence-electron chi connectivity index (χ2n) is 6.16.